The van der Waals surface area contributed by atoms with E-state index in [1.54, 1.807) is 16.4 Å². The maximum absolute atomic E-state index is 7.36. The third-order valence-electron chi connectivity index (χ3n) is 2.15. The highest BCUT2D eigenvalue weighted by Crippen LogP contribution is 2.33. The van der Waals surface area contributed by atoms with Crippen LogP contribution in [0.3, 0.4) is 0 Å². The van der Waals surface area contributed by atoms with Crippen molar-refractivity contribution in [1.29, 1.82) is 5.41 Å². The van der Waals surface area contributed by atoms with E-state index < -0.39 is 0 Å². The molecule has 2 aromatic rings. The summed E-state index contributed by atoms with van der Waals surface area (Å²) in [7, 11) is 1.89. The Kier molecular flexibility index (Phi) is 3.54. The largest absolute Gasteiger partial charge is 0.384 e. The molecule has 0 atom stereocenters. The van der Waals surface area contributed by atoms with Crippen LogP contribution in [0.5, 0.6) is 0 Å². The molecule has 0 spiro atoms. The minimum atomic E-state index is 0.0728. The van der Waals surface area contributed by atoms with Gasteiger partial charge in [-0.05, 0) is 28.1 Å². The Morgan fingerprint density at radius 2 is 2.29 bits per heavy atom. The summed E-state index contributed by atoms with van der Waals surface area (Å²) in [6.07, 6.45) is 3.77. The molecule has 0 saturated heterocycles. The van der Waals surface area contributed by atoms with Gasteiger partial charge in [0.15, 0.2) is 0 Å². The summed E-state index contributed by atoms with van der Waals surface area (Å²) in [6, 6.07) is 5.63. The Morgan fingerprint density at radius 3 is 2.82 bits per heavy atom. The van der Waals surface area contributed by atoms with Gasteiger partial charge in [0.1, 0.15) is 5.84 Å². The van der Waals surface area contributed by atoms with E-state index in [-0.39, 0.29) is 5.84 Å². The molecule has 4 nitrogen and oxygen atoms in total. The first kappa shape index (κ1) is 12.2. The topological polar surface area (TPSA) is 67.7 Å². The van der Waals surface area contributed by atoms with Crippen molar-refractivity contribution >= 4 is 33.5 Å². The number of hydrogen-bond donors (Lipinski definition) is 2. The number of benzene rings is 1. The lowest BCUT2D eigenvalue weighted by Crippen LogP contribution is -2.10. The second kappa shape index (κ2) is 4.93. The summed E-state index contributed by atoms with van der Waals surface area (Å²) < 4.78 is 2.69. The molecule has 17 heavy (non-hydrogen) atoms. The minimum absolute atomic E-state index is 0.0728. The monoisotopic (exact) mass is 310 g/mol. The van der Waals surface area contributed by atoms with Gasteiger partial charge in [-0.15, -0.1) is 0 Å². The maximum Gasteiger partial charge on any atom is 0.122 e. The lowest BCUT2D eigenvalue weighted by molar-refractivity contribution is 0.766. The fourth-order valence-electron chi connectivity index (χ4n) is 1.33. The zero-order valence-corrected chi connectivity index (χ0v) is 11.5. The first-order valence-electron chi connectivity index (χ1n) is 4.86. The normalized spacial score (nSPS) is 10.5. The molecule has 0 aliphatic rings. The first-order valence-corrected chi connectivity index (χ1v) is 6.47. The Labute approximate surface area is 112 Å². The van der Waals surface area contributed by atoms with Crippen LogP contribution in [0.2, 0.25) is 0 Å². The molecule has 0 fully saturated rings. The van der Waals surface area contributed by atoms with Crippen molar-refractivity contribution in [2.45, 2.75) is 9.79 Å². The average molecular weight is 311 g/mol. The van der Waals surface area contributed by atoms with Crippen molar-refractivity contribution in [3.8, 4) is 0 Å². The van der Waals surface area contributed by atoms with Gasteiger partial charge in [-0.25, -0.2) is 0 Å². The van der Waals surface area contributed by atoms with Gasteiger partial charge in [0.25, 0.3) is 0 Å². The molecule has 0 aliphatic heterocycles. The molecule has 0 radical (unpaired) electrons. The van der Waals surface area contributed by atoms with E-state index >= 15 is 0 Å². The van der Waals surface area contributed by atoms with Gasteiger partial charge in [-0.3, -0.25) is 10.1 Å². The van der Waals surface area contributed by atoms with Crippen LogP contribution in [-0.4, -0.2) is 15.6 Å². The number of rotatable bonds is 3. The van der Waals surface area contributed by atoms with Gasteiger partial charge in [-0.2, -0.15) is 5.10 Å². The van der Waals surface area contributed by atoms with Crippen LogP contribution in [0.1, 0.15) is 5.56 Å². The number of halogens is 1. The van der Waals surface area contributed by atoms with E-state index in [2.05, 4.69) is 21.0 Å². The van der Waals surface area contributed by atoms with E-state index in [1.165, 1.54) is 0 Å². The van der Waals surface area contributed by atoms with Crippen molar-refractivity contribution in [3.63, 3.8) is 0 Å². The third-order valence-corrected chi connectivity index (χ3v) is 4.09. The lowest BCUT2D eigenvalue weighted by Gasteiger charge is -2.04. The van der Waals surface area contributed by atoms with Crippen molar-refractivity contribution in [3.05, 3.63) is 40.6 Å². The third kappa shape index (κ3) is 2.89. The molecular weight excluding hydrogens is 300 g/mol. The highest BCUT2D eigenvalue weighted by molar-refractivity contribution is 9.10. The summed E-state index contributed by atoms with van der Waals surface area (Å²) in [6.45, 7) is 0. The zero-order chi connectivity index (χ0) is 12.4. The van der Waals surface area contributed by atoms with Gasteiger partial charge in [0, 0.05) is 28.2 Å². The molecule has 0 amide bonds. The predicted molar refractivity (Wildman–Crippen MR) is 72.5 cm³/mol. The average Bonchev–Trinajstić information content (AvgIpc) is 2.67. The summed E-state index contributed by atoms with van der Waals surface area (Å²) in [4.78, 5) is 2.15. The molecule has 0 bridgehead atoms. The second-order valence-corrected chi connectivity index (χ2v) is 5.48. The number of nitrogens with two attached hydrogens (primary N) is 1. The number of aromatic nitrogens is 2. The van der Waals surface area contributed by atoms with Crippen LogP contribution in [0, 0.1) is 5.41 Å². The van der Waals surface area contributed by atoms with Crippen molar-refractivity contribution in [1.82, 2.24) is 9.78 Å². The molecule has 1 heterocycles. The van der Waals surface area contributed by atoms with E-state index in [0.717, 1.165) is 14.3 Å². The van der Waals surface area contributed by atoms with Crippen LogP contribution in [0.15, 0.2) is 44.9 Å². The molecule has 0 unspecified atom stereocenters. The number of nitrogens with one attached hydrogen (secondary N) is 1. The smallest absolute Gasteiger partial charge is 0.122 e. The molecular formula is C11H11BrN4S. The summed E-state index contributed by atoms with van der Waals surface area (Å²) in [5.74, 6) is 0.0728. The van der Waals surface area contributed by atoms with Crippen LogP contribution in [-0.2, 0) is 7.05 Å². The predicted octanol–water partition coefficient (Wildman–Crippen LogP) is 2.62. The number of aryl methyl sites for hydroxylation is 1. The zero-order valence-electron chi connectivity index (χ0n) is 9.14. The van der Waals surface area contributed by atoms with E-state index in [0.29, 0.717) is 5.56 Å². The molecule has 6 heteroatoms. The van der Waals surface area contributed by atoms with Crippen molar-refractivity contribution in [2.24, 2.45) is 12.8 Å². The quantitative estimate of drug-likeness (QED) is 0.676. The van der Waals surface area contributed by atoms with Crippen molar-refractivity contribution < 1.29 is 0 Å². The van der Waals surface area contributed by atoms with Crippen LogP contribution in [0.25, 0.3) is 0 Å². The molecule has 1 aromatic carbocycles. The number of hydrogen-bond acceptors (Lipinski definition) is 3. The van der Waals surface area contributed by atoms with E-state index in [1.807, 2.05) is 37.6 Å². The van der Waals surface area contributed by atoms with Crippen LogP contribution < -0.4 is 5.73 Å². The number of amidine groups is 1. The maximum atomic E-state index is 7.36. The van der Waals surface area contributed by atoms with Gasteiger partial charge in [-0.1, -0.05) is 17.8 Å². The van der Waals surface area contributed by atoms with Crippen LogP contribution >= 0.6 is 27.7 Å². The Bertz CT molecular complexity index is 564. The number of nitrogens with zero attached hydrogens (tertiary/aromatic N) is 2. The summed E-state index contributed by atoms with van der Waals surface area (Å²) in [5, 5.41) is 11.5. The van der Waals surface area contributed by atoms with Gasteiger partial charge in [0.05, 0.1) is 11.1 Å². The molecule has 1 aromatic heterocycles. The molecule has 88 valence electrons. The Hall–Kier alpha value is -1.27. The molecule has 3 N–H and O–H groups in total. The van der Waals surface area contributed by atoms with Gasteiger partial charge >= 0.3 is 0 Å². The second-order valence-electron chi connectivity index (χ2n) is 3.51. The highest BCUT2D eigenvalue weighted by atomic mass is 79.9. The summed E-state index contributed by atoms with van der Waals surface area (Å²) >= 11 is 5.09. The lowest BCUT2D eigenvalue weighted by atomic mass is 10.2. The van der Waals surface area contributed by atoms with Crippen LogP contribution in [0.4, 0.5) is 0 Å². The minimum Gasteiger partial charge on any atom is -0.384 e. The first-order chi connectivity index (χ1) is 8.06. The summed E-state index contributed by atoms with van der Waals surface area (Å²) in [5.41, 5.74) is 6.15. The fraction of sp³-hybridized carbons (Fsp3) is 0.0909. The fourth-order valence-corrected chi connectivity index (χ4v) is 2.80. The van der Waals surface area contributed by atoms with Gasteiger partial charge < -0.3 is 5.73 Å². The Morgan fingerprint density at radius 1 is 1.53 bits per heavy atom. The van der Waals surface area contributed by atoms with Gasteiger partial charge in [0.2, 0.25) is 0 Å². The molecule has 0 aliphatic carbocycles. The van der Waals surface area contributed by atoms with E-state index in [9.17, 15) is 0 Å². The standard InChI is InChI=1S/C11H11BrN4S/c1-16-6-8(5-15-16)17-10-3-2-7(11(13)14)4-9(10)12/h2-6H,1H3,(H3,13,14). The molecule has 2 rings (SSSR count). The SMILES string of the molecule is Cn1cc(Sc2ccc(C(=N)N)cc2Br)cn1. The van der Waals surface area contributed by atoms with Crippen molar-refractivity contribution in [2.75, 3.05) is 0 Å². The van der Waals surface area contributed by atoms with E-state index in [4.69, 9.17) is 11.1 Å². The number of nitrogen functional groups attached to an aromatic ring is 1. The Balaban J connectivity index is 2.25. The highest BCUT2D eigenvalue weighted by Gasteiger charge is 2.06. The molecule has 0 saturated carbocycles.